The van der Waals surface area contributed by atoms with E-state index in [1.165, 1.54) is 0 Å². The van der Waals surface area contributed by atoms with Crippen LogP contribution in [0.2, 0.25) is 0 Å². The molecule has 136 valence electrons. The summed E-state index contributed by atoms with van der Waals surface area (Å²) in [4.78, 5) is 23.4. The average Bonchev–Trinajstić information content (AvgIpc) is 2.72. The summed E-state index contributed by atoms with van der Waals surface area (Å²) in [7, 11) is 0. The van der Waals surface area contributed by atoms with Crippen LogP contribution in [0.1, 0.15) is 12.8 Å². The van der Waals surface area contributed by atoms with Crippen LogP contribution in [0.5, 0.6) is 0 Å². The Hall–Kier alpha value is -3.25. The van der Waals surface area contributed by atoms with Crippen LogP contribution in [0.4, 0.5) is 10.5 Å². The zero-order chi connectivity index (χ0) is 18.6. The van der Waals surface area contributed by atoms with Gasteiger partial charge in [-0.2, -0.15) is 0 Å². The van der Waals surface area contributed by atoms with Crippen molar-refractivity contribution in [1.82, 2.24) is 14.9 Å². The number of anilines is 1. The summed E-state index contributed by atoms with van der Waals surface area (Å²) in [5.41, 5.74) is 2.90. The van der Waals surface area contributed by atoms with E-state index >= 15 is 0 Å². The molecule has 2 heterocycles. The van der Waals surface area contributed by atoms with E-state index < -0.39 is 0 Å². The van der Waals surface area contributed by atoms with Crippen LogP contribution in [0, 0.1) is 0 Å². The molecule has 6 nitrogen and oxygen atoms in total. The zero-order valence-corrected chi connectivity index (χ0v) is 14.8. The lowest BCUT2D eigenvalue weighted by atomic mass is 10.1. The summed E-state index contributed by atoms with van der Waals surface area (Å²) < 4.78 is 0. The molecule has 4 rings (SSSR count). The predicted octanol–water partition coefficient (Wildman–Crippen LogP) is 3.84. The molecule has 0 fully saturated rings. The Morgan fingerprint density at radius 2 is 1.96 bits per heavy atom. The molecule has 1 aromatic carbocycles. The number of aliphatic hydroxyl groups is 1. The number of pyridine rings is 2. The number of amides is 2. The molecule has 2 N–H and O–H groups in total. The van der Waals surface area contributed by atoms with Crippen LogP contribution < -0.4 is 5.32 Å². The Balaban J connectivity index is 1.74. The van der Waals surface area contributed by atoms with Crippen molar-refractivity contribution in [2.45, 2.75) is 12.8 Å². The Morgan fingerprint density at radius 3 is 2.74 bits per heavy atom. The Kier molecular flexibility index (Phi) is 4.80. The second-order valence-corrected chi connectivity index (χ2v) is 6.31. The molecule has 3 aromatic rings. The first-order chi connectivity index (χ1) is 13.3. The summed E-state index contributed by atoms with van der Waals surface area (Å²) in [5.74, 6) is 0. The average molecular weight is 360 g/mol. The highest BCUT2D eigenvalue weighted by Gasteiger charge is 2.19. The molecule has 0 bridgehead atoms. The standard InChI is InChI=1S/C21H20N4O2/c26-13-12-25(15-6-2-1-3-7-15)21(27)24-19-14-18-16(8-4-10-22-18)17-9-5-11-23-20(17)19/h2,4-11,14,26H,1,3,12-13H2,(H,24,27). The molecule has 1 aliphatic carbocycles. The number of carbonyl (C=O) groups is 1. The normalized spacial score (nSPS) is 13.6. The van der Waals surface area contributed by atoms with Gasteiger partial charge in [-0.1, -0.05) is 24.3 Å². The van der Waals surface area contributed by atoms with Crippen LogP contribution >= 0.6 is 0 Å². The number of nitrogens with one attached hydrogen (secondary N) is 1. The van der Waals surface area contributed by atoms with Crippen molar-refractivity contribution in [1.29, 1.82) is 0 Å². The van der Waals surface area contributed by atoms with Gasteiger partial charge in [-0.05, 0) is 37.1 Å². The van der Waals surface area contributed by atoms with Crippen LogP contribution in [-0.2, 0) is 0 Å². The van der Waals surface area contributed by atoms with Crippen LogP contribution in [0.3, 0.4) is 0 Å². The highest BCUT2D eigenvalue weighted by molar-refractivity contribution is 6.12. The molecule has 2 amide bonds. The second-order valence-electron chi connectivity index (χ2n) is 6.31. The number of hydrogen-bond acceptors (Lipinski definition) is 4. The van der Waals surface area contributed by atoms with Crippen molar-refractivity contribution in [3.63, 3.8) is 0 Å². The summed E-state index contributed by atoms with van der Waals surface area (Å²) in [6, 6.07) is 9.26. The van der Waals surface area contributed by atoms with Gasteiger partial charge in [0, 0.05) is 28.9 Å². The summed E-state index contributed by atoms with van der Waals surface area (Å²) >= 11 is 0. The number of rotatable bonds is 4. The quantitative estimate of drug-likeness (QED) is 0.693. The third-order valence-electron chi connectivity index (χ3n) is 4.57. The van der Waals surface area contributed by atoms with Gasteiger partial charge in [-0.15, -0.1) is 0 Å². The molecule has 27 heavy (non-hydrogen) atoms. The number of fused-ring (bicyclic) bond motifs is 3. The lowest BCUT2D eigenvalue weighted by molar-refractivity contribution is 0.206. The van der Waals surface area contributed by atoms with Gasteiger partial charge < -0.3 is 10.4 Å². The monoisotopic (exact) mass is 360 g/mol. The van der Waals surface area contributed by atoms with E-state index in [9.17, 15) is 9.90 Å². The van der Waals surface area contributed by atoms with Gasteiger partial charge in [0.15, 0.2) is 0 Å². The van der Waals surface area contributed by atoms with Gasteiger partial charge in [-0.3, -0.25) is 14.9 Å². The number of nitrogens with zero attached hydrogens (tertiary/aromatic N) is 3. The molecule has 6 heteroatoms. The van der Waals surface area contributed by atoms with E-state index in [-0.39, 0.29) is 19.2 Å². The highest BCUT2D eigenvalue weighted by atomic mass is 16.3. The van der Waals surface area contributed by atoms with Crippen molar-refractivity contribution in [2.75, 3.05) is 18.5 Å². The van der Waals surface area contributed by atoms with Crippen molar-refractivity contribution in [2.24, 2.45) is 0 Å². The zero-order valence-electron chi connectivity index (χ0n) is 14.8. The number of hydrogen-bond donors (Lipinski definition) is 2. The molecule has 0 saturated carbocycles. The molecule has 0 atom stereocenters. The lowest BCUT2D eigenvalue weighted by Crippen LogP contribution is -2.36. The molecule has 0 saturated heterocycles. The molecule has 1 aliphatic rings. The van der Waals surface area contributed by atoms with E-state index in [4.69, 9.17) is 0 Å². The number of carbonyl (C=O) groups excluding carboxylic acids is 1. The minimum Gasteiger partial charge on any atom is -0.395 e. The highest BCUT2D eigenvalue weighted by Crippen LogP contribution is 2.29. The second kappa shape index (κ2) is 7.55. The SMILES string of the molecule is O=C(Nc1cc2ncccc2c2cccnc12)N(CCO)C1=CCCC=C1. The maximum atomic E-state index is 13.0. The third-order valence-corrected chi connectivity index (χ3v) is 4.57. The lowest BCUT2D eigenvalue weighted by Gasteiger charge is -2.25. The summed E-state index contributed by atoms with van der Waals surface area (Å²) in [6.45, 7) is 0.107. The number of benzene rings is 1. The van der Waals surface area contributed by atoms with Crippen LogP contribution in [0.15, 0.2) is 66.7 Å². The molecular formula is C21H20N4O2. The van der Waals surface area contributed by atoms with Gasteiger partial charge in [0.25, 0.3) is 0 Å². The largest absolute Gasteiger partial charge is 0.395 e. The van der Waals surface area contributed by atoms with Gasteiger partial charge in [0.2, 0.25) is 0 Å². The van der Waals surface area contributed by atoms with E-state index in [0.717, 1.165) is 34.8 Å². The third kappa shape index (κ3) is 3.39. The fourth-order valence-corrected chi connectivity index (χ4v) is 3.33. The molecular weight excluding hydrogens is 340 g/mol. The molecule has 2 aromatic heterocycles. The first-order valence-electron chi connectivity index (χ1n) is 8.96. The maximum Gasteiger partial charge on any atom is 0.326 e. The predicted molar refractivity (Wildman–Crippen MR) is 106 cm³/mol. The van der Waals surface area contributed by atoms with Crippen molar-refractivity contribution >= 4 is 33.5 Å². The van der Waals surface area contributed by atoms with E-state index in [1.807, 2.05) is 48.6 Å². The van der Waals surface area contributed by atoms with Gasteiger partial charge >= 0.3 is 6.03 Å². The minimum atomic E-state index is -0.302. The van der Waals surface area contributed by atoms with Crippen LogP contribution in [0.25, 0.3) is 21.8 Å². The van der Waals surface area contributed by atoms with E-state index in [0.29, 0.717) is 11.2 Å². The van der Waals surface area contributed by atoms with Crippen molar-refractivity contribution < 1.29 is 9.90 Å². The number of aromatic nitrogens is 2. The number of allylic oxidation sites excluding steroid dienone is 3. The fraction of sp³-hybridized carbons (Fsp3) is 0.190. The number of urea groups is 1. The summed E-state index contributed by atoms with van der Waals surface area (Å²) in [6.07, 6.45) is 11.2. The first kappa shape index (κ1) is 17.2. The van der Waals surface area contributed by atoms with Crippen molar-refractivity contribution in [3.8, 4) is 0 Å². The molecule has 0 aliphatic heterocycles. The first-order valence-corrected chi connectivity index (χ1v) is 8.96. The Bertz CT molecular complexity index is 1060. The Morgan fingerprint density at radius 1 is 1.15 bits per heavy atom. The summed E-state index contributed by atoms with van der Waals surface area (Å²) in [5, 5.41) is 14.3. The molecule has 0 spiro atoms. The fourth-order valence-electron chi connectivity index (χ4n) is 3.33. The molecule has 0 unspecified atom stereocenters. The maximum absolute atomic E-state index is 13.0. The van der Waals surface area contributed by atoms with Gasteiger partial charge in [0.1, 0.15) is 0 Å². The van der Waals surface area contributed by atoms with Gasteiger partial charge in [0.05, 0.1) is 29.9 Å². The van der Waals surface area contributed by atoms with E-state index in [2.05, 4.69) is 15.3 Å². The van der Waals surface area contributed by atoms with E-state index in [1.54, 1.807) is 17.3 Å². The molecule has 0 radical (unpaired) electrons. The topological polar surface area (TPSA) is 78.4 Å². The smallest absolute Gasteiger partial charge is 0.326 e. The van der Waals surface area contributed by atoms with Crippen molar-refractivity contribution in [3.05, 3.63) is 66.7 Å². The Labute approximate surface area is 156 Å². The number of aliphatic hydroxyl groups excluding tert-OH is 1. The minimum absolute atomic E-state index is 0.114. The van der Waals surface area contributed by atoms with Gasteiger partial charge in [-0.25, -0.2) is 4.79 Å². The van der Waals surface area contributed by atoms with Crippen LogP contribution in [-0.4, -0.2) is 39.2 Å².